The van der Waals surface area contributed by atoms with Crippen LogP contribution in [0.3, 0.4) is 0 Å². The summed E-state index contributed by atoms with van der Waals surface area (Å²) in [6, 6.07) is 19.7. The Morgan fingerprint density at radius 1 is 1.03 bits per heavy atom. The number of nitriles is 1. The Hall–Kier alpha value is -2.88. The zero-order valence-corrected chi connectivity index (χ0v) is 18.4. The Kier molecular flexibility index (Phi) is 8.05. The molecule has 0 unspecified atom stereocenters. The molecule has 0 radical (unpaired) electrons. The number of piperazine rings is 1. The number of para-hydroxylation sites is 1. The Morgan fingerprint density at radius 3 is 2.35 bits per heavy atom. The molecule has 0 aliphatic carbocycles. The maximum atomic E-state index is 13.2. The molecule has 2 saturated heterocycles. The average Bonchev–Trinajstić information content (AvgIpc) is 3.20. The lowest BCUT2D eigenvalue weighted by Gasteiger charge is -2.38. The number of aliphatic hydroxyl groups excluding tert-OH is 1. The van der Waals surface area contributed by atoms with Gasteiger partial charge in [0.15, 0.2) is 0 Å². The molecule has 2 aromatic rings. The third kappa shape index (κ3) is 5.43. The Balaban J connectivity index is 0.00000132. The first-order valence-electron chi connectivity index (χ1n) is 11.1. The number of rotatable bonds is 4. The number of anilines is 1. The largest absolute Gasteiger partial charge is 0.392 e. The lowest BCUT2D eigenvalue weighted by Crippen LogP contribution is -2.53. The second-order valence-electron chi connectivity index (χ2n) is 7.76. The Morgan fingerprint density at radius 2 is 1.68 bits per heavy atom. The molecule has 6 nitrogen and oxygen atoms in total. The fourth-order valence-corrected chi connectivity index (χ4v) is 4.35. The summed E-state index contributed by atoms with van der Waals surface area (Å²) in [5, 5.41) is 19.5. The maximum Gasteiger partial charge on any atom is 0.240 e. The van der Waals surface area contributed by atoms with Crippen molar-refractivity contribution in [2.45, 2.75) is 39.0 Å². The molecule has 2 heterocycles. The molecular weight excluding hydrogens is 388 g/mol. The summed E-state index contributed by atoms with van der Waals surface area (Å²) in [5.74, 6) is 0.102. The molecule has 2 aliphatic heterocycles. The van der Waals surface area contributed by atoms with E-state index in [4.69, 9.17) is 0 Å². The predicted molar refractivity (Wildman–Crippen MR) is 123 cm³/mol. The minimum atomic E-state index is -0.462. The molecule has 4 rings (SSSR count). The van der Waals surface area contributed by atoms with Crippen molar-refractivity contribution in [2.75, 3.05) is 37.6 Å². The van der Waals surface area contributed by atoms with Crippen LogP contribution in [0.1, 0.15) is 31.4 Å². The van der Waals surface area contributed by atoms with Crippen LogP contribution in [0.2, 0.25) is 0 Å². The minimum absolute atomic E-state index is 0.102. The standard InChI is InChI=1S/C23H26N4O2.C2H6/c24-15-19-8-4-5-9-21(19)25-10-12-26(13-11-25)23(29)22-14-20(28)17-27(22)16-18-6-2-1-3-7-18;1-2/h1-9,20,22,28H,10-14,16-17H2;1-2H3/t20-,22+;/m1./s1. The van der Waals surface area contributed by atoms with Gasteiger partial charge in [0.2, 0.25) is 5.91 Å². The first-order chi connectivity index (χ1) is 15.2. The smallest absolute Gasteiger partial charge is 0.240 e. The molecule has 0 saturated carbocycles. The van der Waals surface area contributed by atoms with E-state index < -0.39 is 6.10 Å². The van der Waals surface area contributed by atoms with Crippen molar-refractivity contribution < 1.29 is 9.90 Å². The molecule has 0 bridgehead atoms. The van der Waals surface area contributed by atoms with Crippen molar-refractivity contribution in [1.29, 1.82) is 5.26 Å². The van der Waals surface area contributed by atoms with E-state index in [0.29, 0.717) is 51.3 Å². The van der Waals surface area contributed by atoms with E-state index in [1.165, 1.54) is 0 Å². The number of aliphatic hydroxyl groups is 1. The number of hydrogen-bond acceptors (Lipinski definition) is 5. The van der Waals surface area contributed by atoms with E-state index in [1.807, 2.05) is 61.2 Å². The van der Waals surface area contributed by atoms with Gasteiger partial charge in [-0.25, -0.2) is 0 Å². The predicted octanol–water partition coefficient (Wildman–Crippen LogP) is 2.87. The third-order valence-corrected chi connectivity index (χ3v) is 5.85. The Bertz CT molecular complexity index is 888. The van der Waals surface area contributed by atoms with Crippen LogP contribution in [0.15, 0.2) is 54.6 Å². The molecule has 6 heteroatoms. The summed E-state index contributed by atoms with van der Waals surface area (Å²) >= 11 is 0. The highest BCUT2D eigenvalue weighted by molar-refractivity contribution is 5.82. The van der Waals surface area contributed by atoms with Crippen molar-refractivity contribution in [3.8, 4) is 6.07 Å². The highest BCUT2D eigenvalue weighted by atomic mass is 16.3. The SMILES string of the molecule is CC.N#Cc1ccccc1N1CCN(C(=O)[C@@H]2C[C@@H](O)CN2Cc2ccccc2)CC1. The summed E-state index contributed by atoms with van der Waals surface area (Å²) in [4.78, 5) is 19.4. The zero-order chi connectivity index (χ0) is 22.2. The number of carbonyl (C=O) groups is 1. The summed E-state index contributed by atoms with van der Waals surface area (Å²) in [7, 11) is 0. The molecule has 2 aliphatic rings. The minimum Gasteiger partial charge on any atom is -0.392 e. The Labute approximate surface area is 185 Å². The second-order valence-corrected chi connectivity index (χ2v) is 7.76. The molecular formula is C25H32N4O2. The molecule has 0 spiro atoms. The number of β-amino-alcohol motifs (C(OH)–C–C–N with tert-alkyl or cyclic N) is 1. The number of likely N-dealkylation sites (tertiary alicyclic amines) is 1. The van der Waals surface area contributed by atoms with Crippen LogP contribution in [0, 0.1) is 11.3 Å². The summed E-state index contributed by atoms with van der Waals surface area (Å²) in [6.07, 6.45) is 0.0276. The van der Waals surface area contributed by atoms with Gasteiger partial charge in [-0.2, -0.15) is 5.26 Å². The van der Waals surface area contributed by atoms with Gasteiger partial charge in [0.1, 0.15) is 6.07 Å². The third-order valence-electron chi connectivity index (χ3n) is 5.85. The van der Waals surface area contributed by atoms with E-state index in [2.05, 4.69) is 28.0 Å². The molecule has 2 atom stereocenters. The number of amides is 1. The lowest BCUT2D eigenvalue weighted by atomic mass is 10.1. The van der Waals surface area contributed by atoms with E-state index in [1.54, 1.807) is 0 Å². The van der Waals surface area contributed by atoms with Gasteiger partial charge in [-0.3, -0.25) is 9.69 Å². The van der Waals surface area contributed by atoms with Crippen LogP contribution in [0.4, 0.5) is 5.69 Å². The number of hydrogen-bond donors (Lipinski definition) is 1. The molecule has 31 heavy (non-hydrogen) atoms. The number of benzene rings is 2. The molecule has 164 valence electrons. The van der Waals surface area contributed by atoms with Gasteiger partial charge in [-0.15, -0.1) is 0 Å². The van der Waals surface area contributed by atoms with E-state index in [-0.39, 0.29) is 11.9 Å². The van der Waals surface area contributed by atoms with E-state index in [0.717, 1.165) is 11.3 Å². The summed E-state index contributed by atoms with van der Waals surface area (Å²) < 4.78 is 0. The van der Waals surface area contributed by atoms with Crippen molar-refractivity contribution in [3.63, 3.8) is 0 Å². The molecule has 0 aromatic heterocycles. The van der Waals surface area contributed by atoms with Gasteiger partial charge in [0, 0.05) is 39.3 Å². The van der Waals surface area contributed by atoms with Crippen molar-refractivity contribution in [1.82, 2.24) is 9.80 Å². The molecule has 1 amide bonds. The van der Waals surface area contributed by atoms with Crippen LogP contribution >= 0.6 is 0 Å². The van der Waals surface area contributed by atoms with E-state index in [9.17, 15) is 15.2 Å². The van der Waals surface area contributed by atoms with Gasteiger partial charge < -0.3 is 14.9 Å². The van der Waals surface area contributed by atoms with Crippen molar-refractivity contribution in [2.24, 2.45) is 0 Å². The summed E-state index contributed by atoms with van der Waals surface area (Å²) in [6.45, 7) is 7.87. The van der Waals surface area contributed by atoms with Gasteiger partial charge >= 0.3 is 0 Å². The zero-order valence-electron chi connectivity index (χ0n) is 18.4. The van der Waals surface area contributed by atoms with Gasteiger partial charge in [0.25, 0.3) is 0 Å². The molecule has 2 fully saturated rings. The maximum absolute atomic E-state index is 13.2. The fourth-order valence-electron chi connectivity index (χ4n) is 4.35. The highest BCUT2D eigenvalue weighted by Gasteiger charge is 2.38. The van der Waals surface area contributed by atoms with Gasteiger partial charge in [-0.1, -0.05) is 56.3 Å². The van der Waals surface area contributed by atoms with Crippen LogP contribution in [-0.4, -0.2) is 65.7 Å². The first-order valence-corrected chi connectivity index (χ1v) is 11.1. The van der Waals surface area contributed by atoms with Crippen LogP contribution in [0.25, 0.3) is 0 Å². The van der Waals surface area contributed by atoms with Crippen molar-refractivity contribution in [3.05, 3.63) is 65.7 Å². The lowest BCUT2D eigenvalue weighted by molar-refractivity contribution is -0.136. The quantitative estimate of drug-likeness (QED) is 0.824. The van der Waals surface area contributed by atoms with Crippen LogP contribution < -0.4 is 4.90 Å². The van der Waals surface area contributed by atoms with E-state index >= 15 is 0 Å². The number of carbonyl (C=O) groups excluding carboxylic acids is 1. The highest BCUT2D eigenvalue weighted by Crippen LogP contribution is 2.25. The normalized spacial score (nSPS) is 21.2. The topological polar surface area (TPSA) is 70.8 Å². The van der Waals surface area contributed by atoms with Crippen LogP contribution in [0.5, 0.6) is 0 Å². The summed E-state index contributed by atoms with van der Waals surface area (Å²) in [5.41, 5.74) is 2.75. The monoisotopic (exact) mass is 420 g/mol. The first kappa shape index (κ1) is 22.8. The fraction of sp³-hybridized carbons (Fsp3) is 0.440. The van der Waals surface area contributed by atoms with Gasteiger partial charge in [0.05, 0.1) is 23.4 Å². The van der Waals surface area contributed by atoms with Crippen molar-refractivity contribution >= 4 is 11.6 Å². The average molecular weight is 421 g/mol. The number of nitrogens with zero attached hydrogens (tertiary/aromatic N) is 4. The molecule has 1 N–H and O–H groups in total. The second kappa shape index (κ2) is 10.9. The van der Waals surface area contributed by atoms with Crippen LogP contribution in [-0.2, 0) is 11.3 Å². The van der Waals surface area contributed by atoms with Gasteiger partial charge in [-0.05, 0) is 24.1 Å². The molecule has 2 aromatic carbocycles.